The number of rotatable bonds is 8. The zero-order valence-electron chi connectivity index (χ0n) is 17.8. The van der Waals surface area contributed by atoms with Gasteiger partial charge >= 0.3 is 0 Å². The molecule has 2 heterocycles. The van der Waals surface area contributed by atoms with Crippen LogP contribution < -0.4 is 10.1 Å². The molecule has 2 N–H and O–H groups in total. The number of nitrogens with one attached hydrogen (secondary N) is 2. The van der Waals surface area contributed by atoms with Gasteiger partial charge in [-0.05, 0) is 54.4 Å². The van der Waals surface area contributed by atoms with Gasteiger partial charge in [0.25, 0.3) is 5.91 Å². The number of amides is 1. The summed E-state index contributed by atoms with van der Waals surface area (Å²) in [6.45, 7) is 2.45. The van der Waals surface area contributed by atoms with E-state index in [0.29, 0.717) is 18.7 Å². The summed E-state index contributed by atoms with van der Waals surface area (Å²) in [7, 11) is -3.90. The molecular weight excluding hydrogens is 445 g/mol. The molecule has 0 radical (unpaired) electrons. The molecule has 0 aliphatic rings. The summed E-state index contributed by atoms with van der Waals surface area (Å²) in [5.41, 5.74) is 1.94. The molecule has 0 unspecified atom stereocenters. The molecule has 9 heteroatoms. The summed E-state index contributed by atoms with van der Waals surface area (Å²) in [6.07, 6.45) is 4.02. The smallest absolute Gasteiger partial charge is 0.267 e. The van der Waals surface area contributed by atoms with Gasteiger partial charge in [0, 0.05) is 29.8 Å². The van der Waals surface area contributed by atoms with Crippen molar-refractivity contribution in [3.8, 4) is 5.75 Å². The Balaban J connectivity index is 1.44. The van der Waals surface area contributed by atoms with Gasteiger partial charge < -0.3 is 15.0 Å². The number of nitrogens with zero attached hydrogens (tertiary/aromatic N) is 1. The van der Waals surface area contributed by atoms with Gasteiger partial charge in [-0.1, -0.05) is 19.1 Å². The third-order valence-electron chi connectivity index (χ3n) is 5.03. The molecule has 0 saturated carbocycles. The van der Waals surface area contributed by atoms with Gasteiger partial charge in [-0.15, -0.1) is 0 Å². The second-order valence-corrected chi connectivity index (χ2v) is 9.37. The standard InChI is InChI=1S/C24H22FN3O4S/c1-2-11-32-23-8-7-19(13-20(23)25)33(30,31)18-5-3-16(4-6-18)14-27-24(29)22-12-17-15-26-10-9-21(17)28-22/h3-10,12-13,15,28H,2,11,14H2,1H3,(H,27,29). The highest BCUT2D eigenvalue weighted by molar-refractivity contribution is 7.91. The minimum Gasteiger partial charge on any atom is -0.491 e. The van der Waals surface area contributed by atoms with Crippen molar-refractivity contribution in [3.05, 3.63) is 84.1 Å². The minimum absolute atomic E-state index is 0.0214. The van der Waals surface area contributed by atoms with Crippen molar-refractivity contribution in [1.29, 1.82) is 0 Å². The van der Waals surface area contributed by atoms with Gasteiger partial charge in [0.1, 0.15) is 5.69 Å². The van der Waals surface area contributed by atoms with E-state index >= 15 is 0 Å². The van der Waals surface area contributed by atoms with Crippen molar-refractivity contribution >= 4 is 26.6 Å². The molecule has 2 aromatic heterocycles. The summed E-state index contributed by atoms with van der Waals surface area (Å²) < 4.78 is 45.2. The number of hydrogen-bond donors (Lipinski definition) is 2. The molecule has 0 fully saturated rings. The molecule has 33 heavy (non-hydrogen) atoms. The first-order valence-corrected chi connectivity index (χ1v) is 11.8. The molecule has 0 atom stereocenters. The number of H-pyrrole nitrogens is 1. The Hall–Kier alpha value is -3.72. The van der Waals surface area contributed by atoms with Crippen LogP contribution in [-0.2, 0) is 16.4 Å². The predicted molar refractivity (Wildman–Crippen MR) is 121 cm³/mol. The van der Waals surface area contributed by atoms with Crippen molar-refractivity contribution < 1.29 is 22.3 Å². The van der Waals surface area contributed by atoms with Crippen molar-refractivity contribution in [2.24, 2.45) is 0 Å². The highest BCUT2D eigenvalue weighted by Crippen LogP contribution is 2.26. The molecule has 4 aromatic rings. The van der Waals surface area contributed by atoms with Crippen molar-refractivity contribution in [2.75, 3.05) is 6.61 Å². The fourth-order valence-electron chi connectivity index (χ4n) is 3.27. The van der Waals surface area contributed by atoms with E-state index < -0.39 is 15.7 Å². The van der Waals surface area contributed by atoms with E-state index in [0.717, 1.165) is 22.5 Å². The fourth-order valence-corrected chi connectivity index (χ4v) is 4.54. The van der Waals surface area contributed by atoms with Crippen LogP contribution in [0.1, 0.15) is 29.4 Å². The maximum absolute atomic E-state index is 14.2. The van der Waals surface area contributed by atoms with Crippen LogP contribution in [0.3, 0.4) is 0 Å². The average molecular weight is 468 g/mol. The summed E-state index contributed by atoms with van der Waals surface area (Å²) in [6, 6.07) is 13.2. The van der Waals surface area contributed by atoms with Crippen LogP contribution in [0.4, 0.5) is 4.39 Å². The van der Waals surface area contributed by atoms with Crippen LogP contribution in [0.2, 0.25) is 0 Å². The van der Waals surface area contributed by atoms with E-state index in [-0.39, 0.29) is 28.0 Å². The van der Waals surface area contributed by atoms with E-state index in [1.807, 2.05) is 6.92 Å². The number of sulfone groups is 1. The SMILES string of the molecule is CCCOc1ccc(S(=O)(=O)c2ccc(CNC(=O)c3cc4cnccc4[nH]3)cc2)cc1F. The molecule has 0 aliphatic carbocycles. The maximum atomic E-state index is 14.2. The number of halogens is 1. The number of fused-ring (bicyclic) bond motifs is 1. The lowest BCUT2D eigenvalue weighted by molar-refractivity contribution is 0.0946. The molecule has 0 aliphatic heterocycles. The van der Waals surface area contributed by atoms with Crippen molar-refractivity contribution in [2.45, 2.75) is 29.7 Å². The van der Waals surface area contributed by atoms with Gasteiger partial charge in [-0.25, -0.2) is 12.8 Å². The molecule has 7 nitrogen and oxygen atoms in total. The van der Waals surface area contributed by atoms with Gasteiger partial charge in [0.15, 0.2) is 11.6 Å². The second-order valence-electron chi connectivity index (χ2n) is 7.42. The number of aromatic nitrogens is 2. The lowest BCUT2D eigenvalue weighted by atomic mass is 10.2. The first-order valence-electron chi connectivity index (χ1n) is 10.4. The summed E-state index contributed by atoms with van der Waals surface area (Å²) in [4.78, 5) is 19.3. The Morgan fingerprint density at radius 3 is 2.55 bits per heavy atom. The van der Waals surface area contributed by atoms with Gasteiger partial charge in [-0.3, -0.25) is 9.78 Å². The molecule has 0 bridgehead atoms. The lowest BCUT2D eigenvalue weighted by Crippen LogP contribution is -2.23. The third-order valence-corrected chi connectivity index (χ3v) is 6.80. The third kappa shape index (κ3) is 4.88. The number of pyridine rings is 1. The van der Waals surface area contributed by atoms with Crippen molar-refractivity contribution in [1.82, 2.24) is 15.3 Å². The van der Waals surface area contributed by atoms with Crippen LogP contribution in [0.5, 0.6) is 5.75 Å². The molecule has 2 aromatic carbocycles. The first-order chi connectivity index (χ1) is 15.9. The number of hydrogen-bond acceptors (Lipinski definition) is 5. The van der Waals surface area contributed by atoms with Crippen LogP contribution in [-0.4, -0.2) is 30.9 Å². The second kappa shape index (κ2) is 9.41. The average Bonchev–Trinajstić information content (AvgIpc) is 3.26. The van der Waals surface area contributed by atoms with Gasteiger partial charge in [0.05, 0.1) is 16.4 Å². The van der Waals surface area contributed by atoms with E-state index in [2.05, 4.69) is 15.3 Å². The minimum atomic E-state index is -3.90. The normalized spacial score (nSPS) is 11.5. The molecule has 1 amide bonds. The highest BCUT2D eigenvalue weighted by atomic mass is 32.2. The molecular formula is C24H22FN3O4S. The topological polar surface area (TPSA) is 101 Å². The Morgan fingerprint density at radius 2 is 1.85 bits per heavy atom. The Kier molecular flexibility index (Phi) is 6.41. The van der Waals surface area contributed by atoms with Crippen molar-refractivity contribution in [3.63, 3.8) is 0 Å². The summed E-state index contributed by atoms with van der Waals surface area (Å²) in [5, 5.41) is 3.63. The van der Waals surface area contributed by atoms with Gasteiger partial charge in [0.2, 0.25) is 9.84 Å². The van der Waals surface area contributed by atoms with E-state index in [4.69, 9.17) is 4.74 Å². The maximum Gasteiger partial charge on any atom is 0.267 e. The molecule has 4 rings (SSSR count). The van der Waals surface area contributed by atoms with Crippen LogP contribution in [0, 0.1) is 5.82 Å². The summed E-state index contributed by atoms with van der Waals surface area (Å²) in [5.74, 6) is -0.992. The zero-order valence-corrected chi connectivity index (χ0v) is 18.7. The van der Waals surface area contributed by atoms with Crippen LogP contribution in [0.25, 0.3) is 10.9 Å². The fraction of sp³-hybridized carbons (Fsp3) is 0.167. The first kappa shape index (κ1) is 22.5. The number of aromatic amines is 1. The van der Waals surface area contributed by atoms with E-state index in [1.54, 1.807) is 36.7 Å². The van der Waals surface area contributed by atoms with Gasteiger partial charge in [-0.2, -0.15) is 0 Å². The quantitative estimate of drug-likeness (QED) is 0.403. The van der Waals surface area contributed by atoms with E-state index in [9.17, 15) is 17.6 Å². The van der Waals surface area contributed by atoms with Crippen LogP contribution >= 0.6 is 0 Å². The molecule has 0 spiro atoms. The number of benzene rings is 2. The van der Waals surface area contributed by atoms with Crippen LogP contribution in [0.15, 0.2) is 76.8 Å². The molecule has 170 valence electrons. The van der Waals surface area contributed by atoms with E-state index in [1.165, 1.54) is 24.3 Å². The predicted octanol–water partition coefficient (Wildman–Crippen LogP) is 4.25. The Bertz CT molecular complexity index is 1370. The number of carbonyl (C=O) groups is 1. The Morgan fingerprint density at radius 1 is 1.09 bits per heavy atom. The molecule has 0 saturated heterocycles. The zero-order chi connectivity index (χ0) is 23.4. The summed E-state index contributed by atoms with van der Waals surface area (Å²) >= 11 is 0. The highest BCUT2D eigenvalue weighted by Gasteiger charge is 2.20. The number of carbonyl (C=O) groups excluding carboxylic acids is 1. The largest absolute Gasteiger partial charge is 0.491 e. The Labute approximate surface area is 190 Å². The number of ether oxygens (including phenoxy) is 1. The monoisotopic (exact) mass is 467 g/mol. The lowest BCUT2D eigenvalue weighted by Gasteiger charge is -2.10.